The van der Waals surface area contributed by atoms with Crippen molar-refractivity contribution in [1.29, 1.82) is 0 Å². The number of methoxy groups -OCH3 is 1. The fourth-order valence-electron chi connectivity index (χ4n) is 5.81. The summed E-state index contributed by atoms with van der Waals surface area (Å²) in [5.41, 5.74) is 4.33. The summed E-state index contributed by atoms with van der Waals surface area (Å²) in [7, 11) is 1.68. The molecule has 0 radical (unpaired) electrons. The van der Waals surface area contributed by atoms with Crippen molar-refractivity contribution in [3.8, 4) is 5.75 Å². The molecule has 0 spiro atoms. The highest BCUT2D eigenvalue weighted by atomic mass is 16.5. The maximum Gasteiger partial charge on any atom is 0.254 e. The summed E-state index contributed by atoms with van der Waals surface area (Å²) in [6.45, 7) is 10.4. The molecule has 2 N–H and O–H groups in total. The molecule has 4 rings (SSSR count). The van der Waals surface area contributed by atoms with E-state index in [1.807, 2.05) is 35.2 Å². The number of carbonyl (C=O) groups excluding carboxylic acids is 2. The lowest BCUT2D eigenvalue weighted by atomic mass is 9.94. The largest absolute Gasteiger partial charge is 0.493 e. The third kappa shape index (κ3) is 7.40. The zero-order valence-electron chi connectivity index (χ0n) is 24.0. The number of carbonyl (C=O) groups is 2. The molecule has 2 aromatic rings. The standard InChI is InChI=1S/C32H45N3O4/c1-5-23-11-12-26(17-30(23)39-14-8-13-38-4)32(37)35(22(2)3)21-29-19-33-18-28(29)20-34-31(36)27-15-24-9-6-7-10-25(24)16-27/h6-7,9-12,17,22,27-29,33H,5,8,13-16,18-21H2,1-4H3,(H,34,36)/t28-,29-/m0/s1. The topological polar surface area (TPSA) is 79.9 Å². The van der Waals surface area contributed by atoms with E-state index in [-0.39, 0.29) is 35.6 Å². The van der Waals surface area contributed by atoms with Crippen LogP contribution >= 0.6 is 0 Å². The summed E-state index contributed by atoms with van der Waals surface area (Å²) in [6.07, 6.45) is 3.28. The van der Waals surface area contributed by atoms with Gasteiger partial charge in [0, 0.05) is 63.8 Å². The van der Waals surface area contributed by atoms with Gasteiger partial charge in [-0.3, -0.25) is 9.59 Å². The zero-order chi connectivity index (χ0) is 27.8. The van der Waals surface area contributed by atoms with E-state index in [1.54, 1.807) is 7.11 Å². The van der Waals surface area contributed by atoms with Gasteiger partial charge in [-0.15, -0.1) is 0 Å². The van der Waals surface area contributed by atoms with Gasteiger partial charge >= 0.3 is 0 Å². The van der Waals surface area contributed by atoms with Gasteiger partial charge in [0.15, 0.2) is 0 Å². The summed E-state index contributed by atoms with van der Waals surface area (Å²) >= 11 is 0. The number of rotatable bonds is 13. The Kier molecular flexibility index (Phi) is 10.4. The molecule has 39 heavy (non-hydrogen) atoms. The van der Waals surface area contributed by atoms with Crippen molar-refractivity contribution in [2.24, 2.45) is 17.8 Å². The molecule has 0 aromatic heterocycles. The van der Waals surface area contributed by atoms with Gasteiger partial charge < -0.3 is 25.0 Å². The Labute approximate surface area is 233 Å². The van der Waals surface area contributed by atoms with Gasteiger partial charge in [-0.25, -0.2) is 0 Å². The molecule has 7 nitrogen and oxygen atoms in total. The second kappa shape index (κ2) is 13.9. The molecule has 0 bridgehead atoms. The average Bonchev–Trinajstić information content (AvgIpc) is 3.59. The molecule has 1 fully saturated rings. The molecule has 7 heteroatoms. The lowest BCUT2D eigenvalue weighted by Crippen LogP contribution is -2.44. The van der Waals surface area contributed by atoms with Crippen LogP contribution in [-0.4, -0.2) is 69.3 Å². The first-order chi connectivity index (χ1) is 18.9. The van der Waals surface area contributed by atoms with E-state index in [9.17, 15) is 9.59 Å². The van der Waals surface area contributed by atoms with Gasteiger partial charge in [0.05, 0.1) is 6.61 Å². The minimum Gasteiger partial charge on any atom is -0.493 e. The second-order valence-corrected chi connectivity index (χ2v) is 11.2. The average molecular weight is 536 g/mol. The summed E-state index contributed by atoms with van der Waals surface area (Å²) in [4.78, 5) is 28.7. The van der Waals surface area contributed by atoms with Crippen LogP contribution in [0.1, 0.15) is 54.2 Å². The Balaban J connectivity index is 1.36. The molecule has 2 amide bonds. The van der Waals surface area contributed by atoms with E-state index >= 15 is 0 Å². The maximum atomic E-state index is 13.7. The van der Waals surface area contributed by atoms with E-state index in [2.05, 4.69) is 43.5 Å². The second-order valence-electron chi connectivity index (χ2n) is 11.2. The van der Waals surface area contributed by atoms with Crippen LogP contribution in [0.3, 0.4) is 0 Å². The number of nitrogens with one attached hydrogen (secondary N) is 2. The van der Waals surface area contributed by atoms with E-state index in [0.717, 1.165) is 50.1 Å². The number of amides is 2. The molecular weight excluding hydrogens is 490 g/mol. The summed E-state index contributed by atoms with van der Waals surface area (Å²) in [6, 6.07) is 14.2. The SMILES string of the molecule is CCc1ccc(C(=O)N(C[C@@H]2CNC[C@H]2CNC(=O)C2Cc3ccccc3C2)C(C)C)cc1OCCCOC. The number of hydrogen-bond donors (Lipinski definition) is 2. The molecule has 1 heterocycles. The molecule has 1 saturated heterocycles. The Hall–Kier alpha value is -2.90. The predicted octanol–water partition coefficient (Wildman–Crippen LogP) is 3.88. The molecular formula is C32H45N3O4. The van der Waals surface area contributed by atoms with Crippen LogP contribution < -0.4 is 15.4 Å². The van der Waals surface area contributed by atoms with E-state index in [0.29, 0.717) is 31.9 Å². The molecule has 0 saturated carbocycles. The molecule has 1 aliphatic carbocycles. The minimum absolute atomic E-state index is 0.0148. The lowest BCUT2D eigenvalue weighted by molar-refractivity contribution is -0.124. The van der Waals surface area contributed by atoms with Gasteiger partial charge in [-0.1, -0.05) is 37.3 Å². The van der Waals surface area contributed by atoms with E-state index in [1.165, 1.54) is 11.1 Å². The number of fused-ring (bicyclic) bond motifs is 1. The van der Waals surface area contributed by atoms with Crippen molar-refractivity contribution in [3.05, 3.63) is 64.7 Å². The third-order valence-corrected chi connectivity index (χ3v) is 8.20. The summed E-state index contributed by atoms with van der Waals surface area (Å²) in [5, 5.41) is 6.73. The highest BCUT2D eigenvalue weighted by Crippen LogP contribution is 2.28. The zero-order valence-corrected chi connectivity index (χ0v) is 24.0. The van der Waals surface area contributed by atoms with Gasteiger partial charge in [-0.05, 0) is 73.8 Å². The first-order valence-corrected chi connectivity index (χ1v) is 14.5. The van der Waals surface area contributed by atoms with Crippen LogP contribution in [0.4, 0.5) is 0 Å². The minimum atomic E-state index is 0.0148. The summed E-state index contributed by atoms with van der Waals surface area (Å²) < 4.78 is 11.2. The third-order valence-electron chi connectivity index (χ3n) is 8.20. The van der Waals surface area contributed by atoms with Crippen molar-refractivity contribution in [1.82, 2.24) is 15.5 Å². The van der Waals surface area contributed by atoms with Crippen LogP contribution in [0.15, 0.2) is 42.5 Å². The fraction of sp³-hybridized carbons (Fsp3) is 0.562. The fourth-order valence-corrected chi connectivity index (χ4v) is 5.81. The highest BCUT2D eigenvalue weighted by molar-refractivity contribution is 5.95. The van der Waals surface area contributed by atoms with Crippen molar-refractivity contribution < 1.29 is 19.1 Å². The quantitative estimate of drug-likeness (QED) is 0.381. The van der Waals surface area contributed by atoms with Gasteiger partial charge in [0.1, 0.15) is 5.75 Å². The van der Waals surface area contributed by atoms with Crippen LogP contribution in [-0.2, 0) is 28.8 Å². The normalized spacial score (nSPS) is 18.8. The number of benzene rings is 2. The number of hydrogen-bond acceptors (Lipinski definition) is 5. The first-order valence-electron chi connectivity index (χ1n) is 14.5. The van der Waals surface area contributed by atoms with Gasteiger partial charge in [0.2, 0.25) is 5.91 Å². The molecule has 1 aliphatic heterocycles. The van der Waals surface area contributed by atoms with Crippen LogP contribution in [0.2, 0.25) is 0 Å². The smallest absolute Gasteiger partial charge is 0.254 e. The lowest BCUT2D eigenvalue weighted by Gasteiger charge is -2.32. The van der Waals surface area contributed by atoms with Crippen molar-refractivity contribution >= 4 is 11.8 Å². The van der Waals surface area contributed by atoms with Crippen LogP contribution in [0.25, 0.3) is 0 Å². The molecule has 0 unspecified atom stereocenters. The van der Waals surface area contributed by atoms with Crippen molar-refractivity contribution in [3.63, 3.8) is 0 Å². The Morgan fingerprint density at radius 3 is 2.44 bits per heavy atom. The Morgan fingerprint density at radius 1 is 1.05 bits per heavy atom. The molecule has 2 aliphatic rings. The predicted molar refractivity (Wildman–Crippen MR) is 154 cm³/mol. The molecule has 2 aromatic carbocycles. The number of aryl methyl sites for hydroxylation is 1. The highest BCUT2D eigenvalue weighted by Gasteiger charge is 2.33. The van der Waals surface area contributed by atoms with Crippen LogP contribution in [0.5, 0.6) is 5.75 Å². The Morgan fingerprint density at radius 2 is 1.77 bits per heavy atom. The van der Waals surface area contributed by atoms with Crippen molar-refractivity contribution in [2.45, 2.75) is 52.5 Å². The Bertz CT molecular complexity index is 1090. The monoisotopic (exact) mass is 535 g/mol. The molecule has 2 atom stereocenters. The number of ether oxygens (including phenoxy) is 2. The maximum absolute atomic E-state index is 13.7. The van der Waals surface area contributed by atoms with Crippen LogP contribution in [0, 0.1) is 17.8 Å². The number of nitrogens with zero attached hydrogens (tertiary/aromatic N) is 1. The summed E-state index contributed by atoms with van der Waals surface area (Å²) in [5.74, 6) is 1.52. The van der Waals surface area contributed by atoms with E-state index in [4.69, 9.17) is 9.47 Å². The van der Waals surface area contributed by atoms with Gasteiger partial charge in [0.25, 0.3) is 5.91 Å². The first kappa shape index (κ1) is 29.1. The van der Waals surface area contributed by atoms with Crippen molar-refractivity contribution in [2.75, 3.05) is 46.5 Å². The van der Waals surface area contributed by atoms with E-state index < -0.39 is 0 Å². The molecule has 212 valence electrons. The van der Waals surface area contributed by atoms with Gasteiger partial charge in [-0.2, -0.15) is 0 Å².